The molecule has 2 aromatic heterocycles. The van der Waals surface area contributed by atoms with Gasteiger partial charge in [0.05, 0.1) is 7.11 Å². The average molecular weight is 394 g/mol. The number of methoxy groups -OCH3 is 1. The van der Waals surface area contributed by atoms with E-state index in [-0.39, 0.29) is 12.0 Å². The molecule has 0 aliphatic carbocycles. The monoisotopic (exact) mass is 393 g/mol. The molecule has 0 saturated carbocycles. The summed E-state index contributed by atoms with van der Waals surface area (Å²) in [5.41, 5.74) is 0.671. The predicted octanol–water partition coefficient (Wildman–Crippen LogP) is 4.42. The third kappa shape index (κ3) is 4.18. The minimum Gasteiger partial charge on any atom is -0.452 e. The first-order valence-electron chi connectivity index (χ1n) is 8.94. The highest BCUT2D eigenvalue weighted by atomic mass is 35.5. The summed E-state index contributed by atoms with van der Waals surface area (Å²) in [7, 11) is 1.33. The summed E-state index contributed by atoms with van der Waals surface area (Å²) < 4.78 is 11.9. The Bertz CT molecular complexity index is 872. The van der Waals surface area contributed by atoms with Crippen LogP contribution in [-0.4, -0.2) is 52.4 Å². The summed E-state index contributed by atoms with van der Waals surface area (Å²) in [6.07, 6.45) is 0.805. The van der Waals surface area contributed by atoms with E-state index in [2.05, 4.69) is 4.98 Å². The molecule has 0 unspecified atom stereocenters. The number of carbonyl (C=O) groups is 2. The van der Waals surface area contributed by atoms with E-state index in [0.29, 0.717) is 23.9 Å². The van der Waals surface area contributed by atoms with Crippen molar-refractivity contribution in [1.29, 1.82) is 0 Å². The number of fused-ring (bicyclic) bond motifs is 1. The maximum Gasteiger partial charge on any atom is 0.419 e. The summed E-state index contributed by atoms with van der Waals surface area (Å²) >= 11 is 6.01. The van der Waals surface area contributed by atoms with Crippen molar-refractivity contribution in [2.45, 2.75) is 45.1 Å². The minimum atomic E-state index is -0.550. The first kappa shape index (κ1) is 19.5. The smallest absolute Gasteiger partial charge is 0.419 e. The molecule has 27 heavy (non-hydrogen) atoms. The number of nitrogens with zero attached hydrogens (tertiary/aromatic N) is 3. The molecule has 0 aromatic carbocycles. The van der Waals surface area contributed by atoms with Crippen molar-refractivity contribution in [2.75, 3.05) is 20.2 Å². The van der Waals surface area contributed by atoms with Gasteiger partial charge < -0.3 is 14.4 Å². The Labute approximate surface area is 163 Å². The van der Waals surface area contributed by atoms with E-state index in [1.54, 1.807) is 11.0 Å². The molecular formula is C19H24ClN3O4. The number of hydrogen-bond donors (Lipinski definition) is 0. The van der Waals surface area contributed by atoms with E-state index in [1.807, 2.05) is 32.9 Å². The zero-order valence-electron chi connectivity index (χ0n) is 16.0. The van der Waals surface area contributed by atoms with Crippen molar-refractivity contribution in [3.8, 4) is 0 Å². The molecule has 3 heterocycles. The van der Waals surface area contributed by atoms with Crippen LogP contribution in [0.3, 0.4) is 0 Å². The fourth-order valence-corrected chi connectivity index (χ4v) is 3.51. The van der Waals surface area contributed by atoms with Crippen LogP contribution >= 0.6 is 11.6 Å². The van der Waals surface area contributed by atoms with E-state index < -0.39 is 11.7 Å². The largest absolute Gasteiger partial charge is 0.452 e. The lowest BCUT2D eigenvalue weighted by Crippen LogP contribution is -2.42. The number of likely N-dealkylation sites (tertiary alicyclic amines) is 1. The van der Waals surface area contributed by atoms with Gasteiger partial charge in [-0.15, -0.1) is 0 Å². The second-order valence-corrected chi connectivity index (χ2v) is 8.07. The summed E-state index contributed by atoms with van der Waals surface area (Å²) in [5, 5.41) is 1.10. The highest BCUT2D eigenvalue weighted by Gasteiger charge is 2.31. The Morgan fingerprint density at radius 2 is 2.00 bits per heavy atom. The molecule has 0 spiro atoms. The van der Waals surface area contributed by atoms with Crippen molar-refractivity contribution in [3.63, 3.8) is 0 Å². The molecule has 8 heteroatoms. The van der Waals surface area contributed by atoms with Crippen LogP contribution in [0.4, 0.5) is 9.59 Å². The Morgan fingerprint density at radius 1 is 1.26 bits per heavy atom. The van der Waals surface area contributed by atoms with Crippen molar-refractivity contribution in [2.24, 2.45) is 0 Å². The molecule has 146 valence electrons. The molecule has 1 amide bonds. The normalized spacial score (nSPS) is 17.8. The number of amides is 1. The van der Waals surface area contributed by atoms with Gasteiger partial charge in [0.1, 0.15) is 10.8 Å². The topological polar surface area (TPSA) is 73.7 Å². The Morgan fingerprint density at radius 3 is 2.67 bits per heavy atom. The van der Waals surface area contributed by atoms with Gasteiger partial charge in [-0.2, -0.15) is 0 Å². The highest BCUT2D eigenvalue weighted by molar-refractivity contribution is 6.29. The average Bonchev–Trinajstić information content (AvgIpc) is 2.98. The van der Waals surface area contributed by atoms with Crippen LogP contribution in [0.15, 0.2) is 18.2 Å². The molecule has 1 saturated heterocycles. The number of aromatic nitrogens is 2. The number of rotatable bonds is 1. The first-order chi connectivity index (χ1) is 12.7. The summed E-state index contributed by atoms with van der Waals surface area (Å²) in [6.45, 7) is 6.63. The zero-order valence-corrected chi connectivity index (χ0v) is 16.7. The van der Waals surface area contributed by atoms with Gasteiger partial charge in [-0.05, 0) is 51.8 Å². The molecule has 1 aliphatic rings. The standard InChI is InChI=1S/C19H24ClN3O4/c1-19(2,3)27-17(24)22-9-5-6-13(11-22)14-10-12-7-8-15(20)21-16(12)23(14)18(25)26-4/h7-8,10,13H,5-6,9,11H2,1-4H3/t13-/m1/s1. The van der Waals surface area contributed by atoms with E-state index >= 15 is 0 Å². The maximum absolute atomic E-state index is 12.5. The van der Waals surface area contributed by atoms with Crippen molar-refractivity contribution in [3.05, 3.63) is 29.0 Å². The molecule has 1 fully saturated rings. The van der Waals surface area contributed by atoms with Gasteiger partial charge in [0, 0.05) is 30.1 Å². The molecule has 0 bridgehead atoms. The van der Waals surface area contributed by atoms with Gasteiger partial charge in [0.15, 0.2) is 5.65 Å². The number of piperidine rings is 1. The van der Waals surface area contributed by atoms with Gasteiger partial charge in [-0.1, -0.05) is 11.6 Å². The second kappa shape index (κ2) is 7.38. The fraction of sp³-hybridized carbons (Fsp3) is 0.526. The van der Waals surface area contributed by atoms with Crippen LogP contribution < -0.4 is 0 Å². The van der Waals surface area contributed by atoms with Crippen molar-refractivity contribution < 1.29 is 19.1 Å². The van der Waals surface area contributed by atoms with Gasteiger partial charge in [0.25, 0.3) is 0 Å². The van der Waals surface area contributed by atoms with Crippen molar-refractivity contribution in [1.82, 2.24) is 14.5 Å². The van der Waals surface area contributed by atoms with Crippen molar-refractivity contribution >= 4 is 34.8 Å². The number of pyridine rings is 1. The molecular weight excluding hydrogens is 370 g/mol. The number of ether oxygens (including phenoxy) is 2. The predicted molar refractivity (Wildman–Crippen MR) is 102 cm³/mol. The summed E-state index contributed by atoms with van der Waals surface area (Å²) in [5.74, 6) is -0.0293. The van der Waals surface area contributed by atoms with E-state index in [1.165, 1.54) is 11.7 Å². The molecule has 2 aromatic rings. The lowest BCUT2D eigenvalue weighted by atomic mass is 9.95. The van der Waals surface area contributed by atoms with Crippen LogP contribution in [0.5, 0.6) is 0 Å². The quantitative estimate of drug-likeness (QED) is 0.670. The highest BCUT2D eigenvalue weighted by Crippen LogP contribution is 2.32. The molecule has 3 rings (SSSR count). The zero-order chi connectivity index (χ0) is 19.8. The molecule has 0 N–H and O–H groups in total. The van der Waals surface area contributed by atoms with Gasteiger partial charge in [0.2, 0.25) is 0 Å². The number of carbonyl (C=O) groups excluding carboxylic acids is 2. The third-order valence-electron chi connectivity index (χ3n) is 4.49. The molecule has 7 nitrogen and oxygen atoms in total. The van der Waals surface area contributed by atoms with Crippen LogP contribution in [0.25, 0.3) is 11.0 Å². The van der Waals surface area contributed by atoms with Gasteiger partial charge in [-0.25, -0.2) is 19.1 Å². The SMILES string of the molecule is COC(=O)n1c([C@@H]2CCCN(C(=O)OC(C)(C)C)C2)cc2ccc(Cl)nc21. The number of halogens is 1. The molecule has 1 aliphatic heterocycles. The fourth-order valence-electron chi connectivity index (χ4n) is 3.37. The number of hydrogen-bond acceptors (Lipinski definition) is 5. The summed E-state index contributed by atoms with van der Waals surface area (Å²) in [4.78, 5) is 30.9. The molecule has 0 radical (unpaired) electrons. The third-order valence-corrected chi connectivity index (χ3v) is 4.70. The van der Waals surface area contributed by atoms with E-state index in [4.69, 9.17) is 21.1 Å². The van der Waals surface area contributed by atoms with Crippen LogP contribution in [0.1, 0.15) is 45.2 Å². The van der Waals surface area contributed by atoms with Crippen LogP contribution in [0.2, 0.25) is 5.15 Å². The minimum absolute atomic E-state index is 0.0293. The second-order valence-electron chi connectivity index (χ2n) is 7.69. The first-order valence-corrected chi connectivity index (χ1v) is 9.31. The Balaban J connectivity index is 1.94. The van der Waals surface area contributed by atoms with Gasteiger partial charge >= 0.3 is 12.2 Å². The maximum atomic E-state index is 12.5. The Hall–Kier alpha value is -2.28. The molecule has 1 atom stereocenters. The lowest BCUT2D eigenvalue weighted by molar-refractivity contribution is 0.0196. The van der Waals surface area contributed by atoms with E-state index in [9.17, 15) is 9.59 Å². The summed E-state index contributed by atoms with van der Waals surface area (Å²) in [6, 6.07) is 5.42. The Kier molecular flexibility index (Phi) is 5.33. The lowest BCUT2D eigenvalue weighted by Gasteiger charge is -2.34. The van der Waals surface area contributed by atoms with Crippen LogP contribution in [0, 0.1) is 0 Å². The van der Waals surface area contributed by atoms with Crippen LogP contribution in [-0.2, 0) is 9.47 Å². The van der Waals surface area contributed by atoms with Gasteiger partial charge in [-0.3, -0.25) is 0 Å². The van der Waals surface area contributed by atoms with E-state index in [0.717, 1.165) is 23.9 Å².